The first-order valence-corrected chi connectivity index (χ1v) is 8.66. The molecule has 3 aromatic rings. The first-order chi connectivity index (χ1) is 12.7. The van der Waals surface area contributed by atoms with E-state index < -0.39 is 0 Å². The molecule has 0 unspecified atom stereocenters. The maximum absolute atomic E-state index is 12.8. The number of aromatic nitrogens is 1. The van der Waals surface area contributed by atoms with Crippen molar-refractivity contribution in [1.29, 1.82) is 0 Å². The van der Waals surface area contributed by atoms with Crippen molar-refractivity contribution >= 4 is 5.91 Å². The molecule has 0 saturated carbocycles. The SMILES string of the molecule is CCN(CC)C(=O)c1ccccc1-c1ncc(-c2ccc(OC)cc2)o1. The van der Waals surface area contributed by atoms with E-state index in [2.05, 4.69) is 4.98 Å². The van der Waals surface area contributed by atoms with Gasteiger partial charge < -0.3 is 14.1 Å². The van der Waals surface area contributed by atoms with Crippen LogP contribution >= 0.6 is 0 Å². The molecule has 0 spiro atoms. The van der Waals surface area contributed by atoms with Gasteiger partial charge in [-0.15, -0.1) is 0 Å². The summed E-state index contributed by atoms with van der Waals surface area (Å²) in [7, 11) is 1.63. The average Bonchev–Trinajstić information content (AvgIpc) is 3.19. The summed E-state index contributed by atoms with van der Waals surface area (Å²) >= 11 is 0. The minimum absolute atomic E-state index is 0.0187. The minimum Gasteiger partial charge on any atom is -0.497 e. The third-order valence-corrected chi connectivity index (χ3v) is 4.32. The zero-order valence-electron chi connectivity index (χ0n) is 15.2. The number of carbonyl (C=O) groups is 1. The maximum Gasteiger partial charge on any atom is 0.254 e. The fourth-order valence-electron chi connectivity index (χ4n) is 2.82. The summed E-state index contributed by atoms with van der Waals surface area (Å²) in [6, 6.07) is 15.0. The molecule has 0 atom stereocenters. The zero-order valence-corrected chi connectivity index (χ0v) is 15.2. The number of methoxy groups -OCH3 is 1. The van der Waals surface area contributed by atoms with Gasteiger partial charge in [-0.05, 0) is 50.2 Å². The molecule has 5 nitrogen and oxygen atoms in total. The van der Waals surface area contributed by atoms with Crippen LogP contribution < -0.4 is 4.74 Å². The predicted octanol–water partition coefficient (Wildman–Crippen LogP) is 4.50. The van der Waals surface area contributed by atoms with Gasteiger partial charge in [0.15, 0.2) is 5.76 Å². The quantitative estimate of drug-likeness (QED) is 0.657. The van der Waals surface area contributed by atoms with Crippen molar-refractivity contribution in [3.8, 4) is 28.5 Å². The van der Waals surface area contributed by atoms with Gasteiger partial charge in [-0.25, -0.2) is 4.98 Å². The van der Waals surface area contributed by atoms with Crippen molar-refractivity contribution < 1.29 is 13.9 Å². The smallest absolute Gasteiger partial charge is 0.254 e. The van der Waals surface area contributed by atoms with Crippen LogP contribution in [0.2, 0.25) is 0 Å². The molecular weight excluding hydrogens is 328 g/mol. The molecule has 5 heteroatoms. The molecule has 2 aromatic carbocycles. The fourth-order valence-corrected chi connectivity index (χ4v) is 2.82. The minimum atomic E-state index is -0.0187. The Morgan fingerprint density at radius 3 is 2.42 bits per heavy atom. The molecule has 0 saturated heterocycles. The van der Waals surface area contributed by atoms with E-state index in [0.717, 1.165) is 11.3 Å². The third kappa shape index (κ3) is 3.47. The van der Waals surface area contributed by atoms with Crippen molar-refractivity contribution in [2.24, 2.45) is 0 Å². The Labute approximate surface area is 153 Å². The second-order valence-corrected chi connectivity index (χ2v) is 5.78. The molecule has 0 aliphatic rings. The highest BCUT2D eigenvalue weighted by atomic mass is 16.5. The number of amides is 1. The summed E-state index contributed by atoms with van der Waals surface area (Å²) in [6.07, 6.45) is 1.68. The molecule has 3 rings (SSSR count). The second kappa shape index (κ2) is 7.87. The van der Waals surface area contributed by atoms with E-state index >= 15 is 0 Å². The van der Waals surface area contributed by atoms with Crippen LogP contribution in [-0.2, 0) is 0 Å². The van der Waals surface area contributed by atoms with Gasteiger partial charge in [0.25, 0.3) is 5.91 Å². The van der Waals surface area contributed by atoms with Crippen molar-refractivity contribution in [3.63, 3.8) is 0 Å². The molecule has 1 amide bonds. The Morgan fingerprint density at radius 1 is 1.08 bits per heavy atom. The van der Waals surface area contributed by atoms with Crippen LogP contribution in [0.1, 0.15) is 24.2 Å². The molecule has 0 bridgehead atoms. The van der Waals surface area contributed by atoms with Crippen LogP contribution in [0.4, 0.5) is 0 Å². The van der Waals surface area contributed by atoms with Gasteiger partial charge in [0.05, 0.1) is 18.9 Å². The van der Waals surface area contributed by atoms with Crippen LogP contribution in [0.5, 0.6) is 5.75 Å². The molecule has 0 radical (unpaired) electrons. The number of nitrogens with zero attached hydrogens (tertiary/aromatic N) is 2. The lowest BCUT2D eigenvalue weighted by molar-refractivity contribution is 0.0773. The number of hydrogen-bond acceptors (Lipinski definition) is 4. The van der Waals surface area contributed by atoms with Gasteiger partial charge in [0, 0.05) is 24.2 Å². The summed E-state index contributed by atoms with van der Waals surface area (Å²) < 4.78 is 11.1. The van der Waals surface area contributed by atoms with E-state index in [1.807, 2.05) is 62.4 Å². The Kier molecular flexibility index (Phi) is 5.37. The van der Waals surface area contributed by atoms with E-state index in [9.17, 15) is 4.79 Å². The lowest BCUT2D eigenvalue weighted by atomic mass is 10.1. The van der Waals surface area contributed by atoms with Crippen molar-refractivity contribution in [3.05, 3.63) is 60.3 Å². The highest BCUT2D eigenvalue weighted by Gasteiger charge is 2.20. The number of ether oxygens (including phenoxy) is 1. The summed E-state index contributed by atoms with van der Waals surface area (Å²) in [6.45, 7) is 5.26. The van der Waals surface area contributed by atoms with Gasteiger partial charge in [-0.3, -0.25) is 4.79 Å². The Bertz CT molecular complexity index is 880. The molecular formula is C21H22N2O3. The van der Waals surface area contributed by atoms with Crippen molar-refractivity contribution in [2.75, 3.05) is 20.2 Å². The molecule has 26 heavy (non-hydrogen) atoms. The molecule has 1 heterocycles. The standard InChI is InChI=1S/C21H22N2O3/c1-4-23(5-2)21(24)18-9-7-6-8-17(18)20-22-14-19(26-20)15-10-12-16(25-3)13-11-15/h6-14H,4-5H2,1-3H3. The van der Waals surface area contributed by atoms with Crippen molar-refractivity contribution in [2.45, 2.75) is 13.8 Å². The van der Waals surface area contributed by atoms with Crippen LogP contribution in [0.3, 0.4) is 0 Å². The Hall–Kier alpha value is -3.08. The summed E-state index contributed by atoms with van der Waals surface area (Å²) in [5.74, 6) is 1.85. The van der Waals surface area contributed by atoms with Gasteiger partial charge in [0.1, 0.15) is 5.75 Å². The molecule has 0 aliphatic carbocycles. The lowest BCUT2D eigenvalue weighted by Crippen LogP contribution is -2.30. The lowest BCUT2D eigenvalue weighted by Gasteiger charge is -2.19. The van der Waals surface area contributed by atoms with Crippen LogP contribution in [0.25, 0.3) is 22.8 Å². The monoisotopic (exact) mass is 350 g/mol. The normalized spacial score (nSPS) is 10.6. The molecule has 0 fully saturated rings. The van der Waals surface area contributed by atoms with Gasteiger partial charge >= 0.3 is 0 Å². The van der Waals surface area contributed by atoms with Gasteiger partial charge in [0.2, 0.25) is 5.89 Å². The number of carbonyl (C=O) groups excluding carboxylic acids is 1. The van der Waals surface area contributed by atoms with Gasteiger partial charge in [-0.2, -0.15) is 0 Å². The molecule has 1 aromatic heterocycles. The highest BCUT2D eigenvalue weighted by molar-refractivity contribution is 6.00. The van der Waals surface area contributed by atoms with Crippen molar-refractivity contribution in [1.82, 2.24) is 9.88 Å². The first-order valence-electron chi connectivity index (χ1n) is 8.66. The molecule has 0 N–H and O–H groups in total. The van der Waals surface area contributed by atoms with E-state index in [-0.39, 0.29) is 5.91 Å². The average molecular weight is 350 g/mol. The largest absolute Gasteiger partial charge is 0.497 e. The zero-order chi connectivity index (χ0) is 18.5. The number of benzene rings is 2. The molecule has 134 valence electrons. The second-order valence-electron chi connectivity index (χ2n) is 5.78. The van der Waals surface area contributed by atoms with E-state index in [0.29, 0.717) is 35.9 Å². The Balaban J connectivity index is 1.95. The van der Waals surface area contributed by atoms with Crippen LogP contribution in [0.15, 0.2) is 59.1 Å². The van der Waals surface area contributed by atoms with Gasteiger partial charge in [-0.1, -0.05) is 12.1 Å². The maximum atomic E-state index is 12.8. The number of oxazole rings is 1. The fraction of sp³-hybridized carbons (Fsp3) is 0.238. The molecule has 0 aliphatic heterocycles. The van der Waals surface area contributed by atoms with Crippen LogP contribution in [0, 0.1) is 0 Å². The van der Waals surface area contributed by atoms with E-state index in [1.165, 1.54) is 0 Å². The summed E-state index contributed by atoms with van der Waals surface area (Å²) in [4.78, 5) is 19.0. The van der Waals surface area contributed by atoms with Crippen LogP contribution in [-0.4, -0.2) is 36.0 Å². The first kappa shape index (κ1) is 17.7. The topological polar surface area (TPSA) is 55.6 Å². The predicted molar refractivity (Wildman–Crippen MR) is 101 cm³/mol. The number of rotatable bonds is 6. The highest BCUT2D eigenvalue weighted by Crippen LogP contribution is 2.29. The van der Waals surface area contributed by atoms with E-state index in [1.54, 1.807) is 18.2 Å². The summed E-state index contributed by atoms with van der Waals surface area (Å²) in [5.41, 5.74) is 2.19. The van der Waals surface area contributed by atoms with E-state index in [4.69, 9.17) is 9.15 Å². The third-order valence-electron chi connectivity index (χ3n) is 4.32. The summed E-state index contributed by atoms with van der Waals surface area (Å²) in [5, 5.41) is 0. The Morgan fingerprint density at radius 2 is 1.77 bits per heavy atom. The number of hydrogen-bond donors (Lipinski definition) is 0.